The van der Waals surface area contributed by atoms with E-state index < -0.39 is 97.6 Å². The first-order valence-corrected chi connectivity index (χ1v) is 12.3. The number of aliphatic hydroxyl groups is 8. The van der Waals surface area contributed by atoms with Crippen molar-refractivity contribution in [3.8, 4) is 23.0 Å². The van der Waals surface area contributed by atoms with Crippen LogP contribution in [0.4, 0.5) is 0 Å². The van der Waals surface area contributed by atoms with Gasteiger partial charge in [-0.1, -0.05) is 42.5 Å². The number of hydrogen-bond acceptors (Lipinski definition) is 14. The first-order chi connectivity index (χ1) is 19.1. The van der Waals surface area contributed by atoms with Crippen molar-refractivity contribution < 1.29 is 70.0 Å². The van der Waals surface area contributed by atoms with Crippen LogP contribution in [0.2, 0.25) is 0 Å². The largest absolute Gasteiger partial charge is 0.504 e. The zero-order valence-electron chi connectivity index (χ0n) is 20.9. The fourth-order valence-corrected chi connectivity index (χ4v) is 4.30. The van der Waals surface area contributed by atoms with E-state index in [0.29, 0.717) is 0 Å². The molecule has 2 heterocycles. The van der Waals surface area contributed by atoms with Gasteiger partial charge in [-0.15, -0.1) is 0 Å². The van der Waals surface area contributed by atoms with Crippen molar-refractivity contribution in [2.45, 2.75) is 61.4 Å². The van der Waals surface area contributed by atoms with Gasteiger partial charge in [-0.2, -0.15) is 0 Å². The lowest BCUT2D eigenvalue weighted by molar-refractivity contribution is -0.282. The minimum absolute atomic E-state index is 0.0119. The molecular weight excluding hydrogens is 536 g/mol. The van der Waals surface area contributed by atoms with Gasteiger partial charge in [-0.25, -0.2) is 0 Å². The molecule has 0 saturated carbocycles. The molecule has 14 heteroatoms. The van der Waals surface area contributed by atoms with E-state index in [2.05, 4.69) is 0 Å². The van der Waals surface area contributed by atoms with Gasteiger partial charge in [0.2, 0.25) is 24.1 Å². The topological polar surface area (TPSA) is 239 Å². The van der Waals surface area contributed by atoms with Crippen molar-refractivity contribution in [3.05, 3.63) is 47.5 Å². The number of aliphatic hydroxyl groups excluding tert-OH is 8. The van der Waals surface area contributed by atoms with Gasteiger partial charge in [0, 0.05) is 5.56 Å². The summed E-state index contributed by atoms with van der Waals surface area (Å²) in [5, 5.41) is 102. The van der Waals surface area contributed by atoms with Gasteiger partial charge in [0.25, 0.3) is 0 Å². The molecule has 2 fully saturated rings. The average molecular weight is 569 g/mol. The number of aromatic hydroxyl groups is 2. The molecular formula is C26H32O14. The van der Waals surface area contributed by atoms with Gasteiger partial charge >= 0.3 is 0 Å². The molecule has 0 radical (unpaired) electrons. The van der Waals surface area contributed by atoms with Gasteiger partial charge in [-0.3, -0.25) is 0 Å². The summed E-state index contributed by atoms with van der Waals surface area (Å²) in [6.45, 7) is -1.53. The minimum Gasteiger partial charge on any atom is -0.504 e. The van der Waals surface area contributed by atoms with Crippen LogP contribution in [0.5, 0.6) is 23.0 Å². The predicted molar refractivity (Wildman–Crippen MR) is 134 cm³/mol. The molecule has 0 unspecified atom stereocenters. The van der Waals surface area contributed by atoms with Crippen molar-refractivity contribution in [2.75, 3.05) is 13.2 Å². The number of phenols is 2. The van der Waals surface area contributed by atoms with E-state index in [0.717, 1.165) is 11.6 Å². The van der Waals surface area contributed by atoms with E-state index in [1.54, 1.807) is 36.4 Å². The van der Waals surface area contributed by atoms with Gasteiger partial charge in [0.1, 0.15) is 48.8 Å². The molecule has 2 aromatic carbocycles. The first-order valence-electron chi connectivity index (χ1n) is 12.3. The molecule has 10 atom stereocenters. The summed E-state index contributed by atoms with van der Waals surface area (Å²) in [4.78, 5) is 0. The SMILES string of the molecule is OC[C@H]1O[C@@H](Oc2c(O)cc(C=Cc3ccccc3)c(O)c2O[C@@H]2O[C@H](CO)[C@@H](O)[C@H](O)[C@H]2O)[C@H](O)[C@@H](O)[C@@H]1O. The average Bonchev–Trinajstić information content (AvgIpc) is 2.96. The van der Waals surface area contributed by atoms with Crippen molar-refractivity contribution >= 4 is 12.2 Å². The molecule has 2 aromatic rings. The highest BCUT2D eigenvalue weighted by Gasteiger charge is 2.47. The lowest BCUT2D eigenvalue weighted by atomic mass is 9.99. The maximum Gasteiger partial charge on any atom is 0.229 e. The first kappa shape index (κ1) is 30.0. The molecule has 0 aromatic heterocycles. The van der Waals surface area contributed by atoms with Crippen LogP contribution in [0, 0.1) is 0 Å². The third kappa shape index (κ3) is 6.01. The van der Waals surface area contributed by atoms with Crippen LogP contribution in [0.3, 0.4) is 0 Å². The van der Waals surface area contributed by atoms with Crippen LogP contribution in [-0.4, -0.2) is 126 Å². The van der Waals surface area contributed by atoms with Crippen LogP contribution in [0.25, 0.3) is 12.2 Å². The Kier molecular flexibility index (Phi) is 9.48. The second kappa shape index (κ2) is 12.7. The summed E-state index contributed by atoms with van der Waals surface area (Å²) < 4.78 is 21.8. The van der Waals surface area contributed by atoms with Crippen LogP contribution in [0.1, 0.15) is 11.1 Å². The molecule has 40 heavy (non-hydrogen) atoms. The Bertz CT molecular complexity index is 1160. The third-order valence-corrected chi connectivity index (χ3v) is 6.64. The molecule has 220 valence electrons. The molecule has 14 nitrogen and oxygen atoms in total. The van der Waals surface area contributed by atoms with Crippen LogP contribution >= 0.6 is 0 Å². The Morgan fingerprint density at radius 1 is 0.650 bits per heavy atom. The molecule has 0 aliphatic carbocycles. The van der Waals surface area contributed by atoms with E-state index in [-0.39, 0.29) is 5.56 Å². The predicted octanol–water partition coefficient (Wildman–Crippen LogP) is -2.37. The van der Waals surface area contributed by atoms with Crippen molar-refractivity contribution in [2.24, 2.45) is 0 Å². The fraction of sp³-hybridized carbons (Fsp3) is 0.462. The normalized spacial score (nSPS) is 34.6. The van der Waals surface area contributed by atoms with Crippen molar-refractivity contribution in [1.82, 2.24) is 0 Å². The van der Waals surface area contributed by atoms with Gasteiger partial charge in [0.05, 0.1) is 13.2 Å². The van der Waals surface area contributed by atoms with Crippen LogP contribution in [0.15, 0.2) is 36.4 Å². The molecule has 10 N–H and O–H groups in total. The molecule has 2 aliphatic rings. The zero-order valence-corrected chi connectivity index (χ0v) is 20.9. The summed E-state index contributed by atoms with van der Waals surface area (Å²) in [7, 11) is 0. The molecule has 4 rings (SSSR count). The number of rotatable bonds is 8. The number of ether oxygens (including phenoxy) is 4. The standard InChI is InChI=1S/C26H32O14/c27-9-14-17(31)19(33)21(35)25(37-14)39-23-13(29)8-12(7-6-11-4-2-1-3-5-11)16(30)24(23)40-26-22(36)20(34)18(32)15(10-28)38-26/h1-8,14-15,17-22,25-36H,9-10H2/t14-,15-,17-,18-,19+,20+,21-,22-,25+,26+/m1/s1. The monoisotopic (exact) mass is 568 g/mol. The molecule has 0 spiro atoms. The molecule has 0 bridgehead atoms. The van der Waals surface area contributed by atoms with Crippen LogP contribution in [-0.2, 0) is 9.47 Å². The van der Waals surface area contributed by atoms with Gasteiger partial charge in [-0.05, 0) is 11.6 Å². The summed E-state index contributed by atoms with van der Waals surface area (Å²) in [6.07, 6.45) is -14.2. The third-order valence-electron chi connectivity index (χ3n) is 6.64. The summed E-state index contributed by atoms with van der Waals surface area (Å²) >= 11 is 0. The smallest absolute Gasteiger partial charge is 0.229 e. The highest BCUT2D eigenvalue weighted by Crippen LogP contribution is 2.48. The quantitative estimate of drug-likeness (QED) is 0.118. The van der Waals surface area contributed by atoms with Crippen LogP contribution < -0.4 is 9.47 Å². The number of benzene rings is 2. The summed E-state index contributed by atoms with van der Waals surface area (Å²) in [6, 6.07) is 9.99. The minimum atomic E-state index is -1.90. The summed E-state index contributed by atoms with van der Waals surface area (Å²) in [5.74, 6) is -2.69. The Balaban J connectivity index is 1.74. The Labute approximate surface area is 227 Å². The van der Waals surface area contributed by atoms with Gasteiger partial charge in [0.15, 0.2) is 11.5 Å². The number of hydrogen-bond donors (Lipinski definition) is 10. The van der Waals surface area contributed by atoms with E-state index in [4.69, 9.17) is 18.9 Å². The lowest BCUT2D eigenvalue weighted by Gasteiger charge is -2.41. The second-order valence-electron chi connectivity index (χ2n) is 9.37. The highest BCUT2D eigenvalue weighted by molar-refractivity contribution is 5.77. The Hall–Kier alpha value is -3.02. The maximum atomic E-state index is 11.1. The Morgan fingerprint density at radius 2 is 1.15 bits per heavy atom. The maximum absolute atomic E-state index is 11.1. The Morgan fingerprint density at radius 3 is 1.65 bits per heavy atom. The lowest BCUT2D eigenvalue weighted by Crippen LogP contribution is -2.60. The zero-order chi connectivity index (χ0) is 29.1. The fourth-order valence-electron chi connectivity index (χ4n) is 4.30. The molecule has 0 amide bonds. The molecule has 2 saturated heterocycles. The summed E-state index contributed by atoms with van der Waals surface area (Å²) in [5.41, 5.74) is 0.724. The number of phenolic OH excluding ortho intramolecular Hbond substituents is 2. The highest BCUT2D eigenvalue weighted by atomic mass is 16.7. The van der Waals surface area contributed by atoms with E-state index >= 15 is 0 Å². The molecule has 2 aliphatic heterocycles. The van der Waals surface area contributed by atoms with Crippen molar-refractivity contribution in [1.29, 1.82) is 0 Å². The van der Waals surface area contributed by atoms with Crippen molar-refractivity contribution in [3.63, 3.8) is 0 Å². The van der Waals surface area contributed by atoms with E-state index in [9.17, 15) is 51.1 Å². The van der Waals surface area contributed by atoms with E-state index in [1.807, 2.05) is 0 Å². The van der Waals surface area contributed by atoms with E-state index in [1.165, 1.54) is 6.08 Å². The second-order valence-corrected chi connectivity index (χ2v) is 9.37. The van der Waals surface area contributed by atoms with Gasteiger partial charge < -0.3 is 70.0 Å².